The highest BCUT2D eigenvalue weighted by molar-refractivity contribution is 5.98. The molecule has 0 saturated heterocycles. The Balaban J connectivity index is 1.72. The molecule has 4 nitrogen and oxygen atoms in total. The Hall–Kier alpha value is -2.23. The van der Waals surface area contributed by atoms with Crippen LogP contribution in [0.1, 0.15) is 46.2 Å². The number of nitrogens with zero attached hydrogens (tertiary/aromatic N) is 3. The van der Waals surface area contributed by atoms with Gasteiger partial charge in [-0.05, 0) is 55.5 Å². The predicted octanol–water partition coefficient (Wildman–Crippen LogP) is 2.89. The molecule has 0 bridgehead atoms. The Morgan fingerprint density at radius 2 is 2.10 bits per heavy atom. The number of hydrogen-bond donors (Lipinski definition) is 0. The van der Waals surface area contributed by atoms with Gasteiger partial charge >= 0.3 is 0 Å². The molecule has 1 saturated carbocycles. The summed E-state index contributed by atoms with van der Waals surface area (Å²) < 4.78 is 0. The second kappa shape index (κ2) is 4.65. The van der Waals surface area contributed by atoms with E-state index in [1.165, 1.54) is 18.4 Å². The first-order valence-electron chi connectivity index (χ1n) is 7.41. The minimum absolute atomic E-state index is 0.0894. The van der Waals surface area contributed by atoms with Crippen molar-refractivity contribution in [3.63, 3.8) is 0 Å². The highest BCUT2D eigenvalue weighted by Gasteiger charge is 2.42. The smallest absolute Gasteiger partial charge is 0.256 e. The summed E-state index contributed by atoms with van der Waals surface area (Å²) in [4.78, 5) is 23.5. The standard InChI is InChI=1S/C17H17N3O/c1-11-6-8-19-14(9-11)16(12-4-5-12)20-10-15-13(17(20)21)3-2-7-18-15/h2-3,6-9,12,16H,4-5,10H2,1H3. The van der Waals surface area contributed by atoms with E-state index in [0.29, 0.717) is 12.5 Å². The van der Waals surface area contributed by atoms with Crippen LogP contribution in [0.15, 0.2) is 36.7 Å². The molecule has 1 aliphatic heterocycles. The lowest BCUT2D eigenvalue weighted by molar-refractivity contribution is 0.0672. The van der Waals surface area contributed by atoms with Gasteiger partial charge in [-0.3, -0.25) is 14.8 Å². The van der Waals surface area contributed by atoms with Gasteiger partial charge in [-0.2, -0.15) is 0 Å². The summed E-state index contributed by atoms with van der Waals surface area (Å²) >= 11 is 0. The summed E-state index contributed by atoms with van der Waals surface area (Å²) in [6.07, 6.45) is 5.94. The van der Waals surface area contributed by atoms with Crippen molar-refractivity contribution in [1.29, 1.82) is 0 Å². The molecule has 1 unspecified atom stereocenters. The number of aryl methyl sites for hydroxylation is 1. The lowest BCUT2D eigenvalue weighted by Gasteiger charge is -2.27. The number of carbonyl (C=O) groups excluding carboxylic acids is 1. The van der Waals surface area contributed by atoms with Crippen molar-refractivity contribution in [3.05, 3.63) is 59.2 Å². The first-order chi connectivity index (χ1) is 10.2. The zero-order chi connectivity index (χ0) is 14.4. The second-order valence-corrected chi connectivity index (χ2v) is 5.97. The van der Waals surface area contributed by atoms with E-state index in [2.05, 4.69) is 23.0 Å². The maximum absolute atomic E-state index is 12.7. The van der Waals surface area contributed by atoms with E-state index in [9.17, 15) is 4.79 Å². The summed E-state index contributed by atoms with van der Waals surface area (Å²) in [7, 11) is 0. The van der Waals surface area contributed by atoms with E-state index in [0.717, 1.165) is 17.0 Å². The SMILES string of the molecule is Cc1ccnc(C(C2CC2)N2Cc3ncccc3C2=O)c1. The fourth-order valence-corrected chi connectivity index (χ4v) is 3.16. The first kappa shape index (κ1) is 12.5. The third-order valence-electron chi connectivity index (χ3n) is 4.35. The molecule has 2 aromatic heterocycles. The van der Waals surface area contributed by atoms with Gasteiger partial charge in [-0.15, -0.1) is 0 Å². The monoisotopic (exact) mass is 279 g/mol. The van der Waals surface area contributed by atoms with Crippen LogP contribution < -0.4 is 0 Å². The highest BCUT2D eigenvalue weighted by Crippen LogP contribution is 2.46. The van der Waals surface area contributed by atoms with Crippen molar-refractivity contribution in [2.75, 3.05) is 0 Å². The van der Waals surface area contributed by atoms with Crippen LogP contribution in [0.5, 0.6) is 0 Å². The summed E-state index contributed by atoms with van der Waals surface area (Å²) in [6, 6.07) is 7.89. The number of rotatable bonds is 3. The molecule has 3 heterocycles. The molecule has 0 radical (unpaired) electrons. The third kappa shape index (κ3) is 2.11. The molecule has 106 valence electrons. The average molecular weight is 279 g/mol. The largest absolute Gasteiger partial charge is 0.324 e. The highest BCUT2D eigenvalue weighted by atomic mass is 16.2. The van der Waals surface area contributed by atoms with Gasteiger partial charge in [-0.25, -0.2) is 0 Å². The molecule has 4 heteroatoms. The van der Waals surface area contributed by atoms with E-state index in [1.54, 1.807) is 6.20 Å². The summed E-state index contributed by atoms with van der Waals surface area (Å²) in [5, 5.41) is 0. The zero-order valence-electron chi connectivity index (χ0n) is 12.0. The maximum atomic E-state index is 12.7. The Labute approximate surface area is 123 Å². The molecule has 21 heavy (non-hydrogen) atoms. The summed E-state index contributed by atoms with van der Waals surface area (Å²) in [5.74, 6) is 0.635. The van der Waals surface area contributed by atoms with Crippen LogP contribution >= 0.6 is 0 Å². The van der Waals surface area contributed by atoms with Crippen LogP contribution in [-0.2, 0) is 6.54 Å². The molecule has 0 spiro atoms. The van der Waals surface area contributed by atoms with Crippen LogP contribution in [0.3, 0.4) is 0 Å². The van der Waals surface area contributed by atoms with E-state index in [4.69, 9.17) is 0 Å². The van der Waals surface area contributed by atoms with Gasteiger partial charge in [0.15, 0.2) is 0 Å². The Kier molecular flexibility index (Phi) is 2.77. The molecule has 1 aliphatic carbocycles. The fraction of sp³-hybridized carbons (Fsp3) is 0.353. The van der Waals surface area contributed by atoms with Gasteiger partial charge in [0.1, 0.15) is 0 Å². The van der Waals surface area contributed by atoms with E-state index in [-0.39, 0.29) is 11.9 Å². The molecule has 1 atom stereocenters. The quantitative estimate of drug-likeness (QED) is 0.868. The van der Waals surface area contributed by atoms with Gasteiger partial charge in [0.25, 0.3) is 5.91 Å². The molecule has 0 aromatic carbocycles. The number of pyridine rings is 2. The van der Waals surface area contributed by atoms with E-state index < -0.39 is 0 Å². The van der Waals surface area contributed by atoms with Gasteiger partial charge in [0, 0.05) is 12.4 Å². The minimum Gasteiger partial charge on any atom is -0.324 e. The van der Waals surface area contributed by atoms with Crippen LogP contribution in [0.25, 0.3) is 0 Å². The fourth-order valence-electron chi connectivity index (χ4n) is 3.16. The van der Waals surface area contributed by atoms with Crippen molar-refractivity contribution < 1.29 is 4.79 Å². The zero-order valence-corrected chi connectivity index (χ0v) is 12.0. The summed E-state index contributed by atoms with van der Waals surface area (Å²) in [5.41, 5.74) is 3.84. The van der Waals surface area contributed by atoms with Crippen molar-refractivity contribution >= 4 is 5.91 Å². The number of amides is 1. The third-order valence-corrected chi connectivity index (χ3v) is 4.35. The van der Waals surface area contributed by atoms with Crippen molar-refractivity contribution in [1.82, 2.24) is 14.9 Å². The number of fused-ring (bicyclic) bond motifs is 1. The molecule has 0 N–H and O–H groups in total. The molecule has 1 fully saturated rings. The number of hydrogen-bond acceptors (Lipinski definition) is 3. The Bertz CT molecular complexity index is 709. The predicted molar refractivity (Wildman–Crippen MR) is 78.5 cm³/mol. The lowest BCUT2D eigenvalue weighted by Crippen LogP contribution is -2.31. The van der Waals surface area contributed by atoms with Gasteiger partial charge < -0.3 is 4.90 Å². The number of carbonyl (C=O) groups is 1. The van der Waals surface area contributed by atoms with Crippen LogP contribution in [0.2, 0.25) is 0 Å². The minimum atomic E-state index is 0.0894. The maximum Gasteiger partial charge on any atom is 0.256 e. The van der Waals surface area contributed by atoms with Crippen molar-refractivity contribution in [3.8, 4) is 0 Å². The Morgan fingerprint density at radius 3 is 2.81 bits per heavy atom. The van der Waals surface area contributed by atoms with Gasteiger partial charge in [0.05, 0.1) is 29.5 Å². The molecule has 1 amide bonds. The van der Waals surface area contributed by atoms with E-state index in [1.807, 2.05) is 29.3 Å². The molecule has 2 aromatic rings. The van der Waals surface area contributed by atoms with Gasteiger partial charge in [0.2, 0.25) is 0 Å². The number of aromatic nitrogens is 2. The molecular weight excluding hydrogens is 262 g/mol. The van der Waals surface area contributed by atoms with Crippen LogP contribution in [0, 0.1) is 12.8 Å². The topological polar surface area (TPSA) is 46.1 Å². The second-order valence-electron chi connectivity index (χ2n) is 5.97. The van der Waals surface area contributed by atoms with Crippen LogP contribution in [-0.4, -0.2) is 20.8 Å². The van der Waals surface area contributed by atoms with Crippen molar-refractivity contribution in [2.45, 2.75) is 32.4 Å². The molecule has 4 rings (SSSR count). The van der Waals surface area contributed by atoms with Crippen LogP contribution in [0.4, 0.5) is 0 Å². The summed E-state index contributed by atoms with van der Waals surface area (Å²) in [6.45, 7) is 2.67. The first-order valence-corrected chi connectivity index (χ1v) is 7.41. The Morgan fingerprint density at radius 1 is 1.24 bits per heavy atom. The molecule has 2 aliphatic rings. The molecular formula is C17H17N3O. The van der Waals surface area contributed by atoms with Gasteiger partial charge in [-0.1, -0.05) is 0 Å². The lowest BCUT2D eigenvalue weighted by atomic mass is 10.0. The van der Waals surface area contributed by atoms with E-state index >= 15 is 0 Å². The normalized spacial score (nSPS) is 18.7. The van der Waals surface area contributed by atoms with Crippen molar-refractivity contribution in [2.24, 2.45) is 5.92 Å². The average Bonchev–Trinajstić information content (AvgIpc) is 3.26.